The monoisotopic (exact) mass is 324 g/mol. The molecule has 2 fully saturated rings. The third kappa shape index (κ3) is 5.62. The molecule has 0 aromatic heterocycles. The van der Waals surface area contributed by atoms with E-state index in [1.165, 1.54) is 25.9 Å². The van der Waals surface area contributed by atoms with E-state index in [1.54, 1.807) is 0 Å². The van der Waals surface area contributed by atoms with Gasteiger partial charge in [-0.15, -0.1) is 0 Å². The van der Waals surface area contributed by atoms with Gasteiger partial charge in [0.2, 0.25) is 0 Å². The van der Waals surface area contributed by atoms with Gasteiger partial charge in [-0.2, -0.15) is 0 Å². The van der Waals surface area contributed by atoms with Crippen LogP contribution in [0.4, 0.5) is 0 Å². The number of nitrogens with one attached hydrogen (secondary N) is 2. The molecular formula is C17H36N6. The van der Waals surface area contributed by atoms with Crippen LogP contribution in [0.3, 0.4) is 0 Å². The molecule has 0 radical (unpaired) electrons. The third-order valence-electron chi connectivity index (χ3n) is 5.31. The fraction of sp³-hybridized carbons (Fsp3) is 0.941. The van der Waals surface area contributed by atoms with Gasteiger partial charge in [0.15, 0.2) is 5.96 Å². The smallest absolute Gasteiger partial charge is 0.191 e. The van der Waals surface area contributed by atoms with Gasteiger partial charge in [0, 0.05) is 64.4 Å². The lowest BCUT2D eigenvalue weighted by Crippen LogP contribution is -2.56. The van der Waals surface area contributed by atoms with Crippen LogP contribution in [0.25, 0.3) is 0 Å². The van der Waals surface area contributed by atoms with Gasteiger partial charge in [0.1, 0.15) is 0 Å². The van der Waals surface area contributed by atoms with Crippen molar-refractivity contribution in [2.24, 2.45) is 4.99 Å². The molecule has 0 aliphatic carbocycles. The van der Waals surface area contributed by atoms with Crippen molar-refractivity contribution in [3.05, 3.63) is 0 Å². The van der Waals surface area contributed by atoms with E-state index in [0.717, 1.165) is 32.1 Å². The van der Waals surface area contributed by atoms with E-state index in [2.05, 4.69) is 58.3 Å². The summed E-state index contributed by atoms with van der Waals surface area (Å²) in [6.45, 7) is 11.3. The minimum atomic E-state index is 0.544. The number of rotatable bonds is 4. The van der Waals surface area contributed by atoms with Crippen LogP contribution in [0.2, 0.25) is 0 Å². The van der Waals surface area contributed by atoms with E-state index in [9.17, 15) is 0 Å². The maximum atomic E-state index is 4.41. The Kier molecular flexibility index (Phi) is 7.11. The highest BCUT2D eigenvalue weighted by Crippen LogP contribution is 2.12. The number of piperidine rings is 1. The van der Waals surface area contributed by atoms with Crippen molar-refractivity contribution in [3.63, 3.8) is 0 Å². The Morgan fingerprint density at radius 1 is 1.13 bits per heavy atom. The molecule has 0 aromatic rings. The molecule has 2 aliphatic heterocycles. The molecule has 2 aliphatic rings. The molecule has 2 heterocycles. The first kappa shape index (κ1) is 18.5. The molecule has 6 heteroatoms. The van der Waals surface area contributed by atoms with Crippen LogP contribution in [-0.2, 0) is 0 Å². The van der Waals surface area contributed by atoms with Crippen molar-refractivity contribution in [1.82, 2.24) is 25.3 Å². The average Bonchev–Trinajstić information content (AvgIpc) is 2.54. The molecule has 134 valence electrons. The lowest BCUT2D eigenvalue weighted by Gasteiger charge is -2.38. The van der Waals surface area contributed by atoms with Crippen molar-refractivity contribution >= 4 is 5.96 Å². The molecule has 0 amide bonds. The fourth-order valence-electron chi connectivity index (χ4n) is 3.48. The lowest BCUT2D eigenvalue weighted by molar-refractivity contribution is 0.116. The Bertz CT molecular complexity index is 375. The largest absolute Gasteiger partial charge is 0.355 e. The van der Waals surface area contributed by atoms with Crippen LogP contribution < -0.4 is 10.6 Å². The predicted molar refractivity (Wildman–Crippen MR) is 98.1 cm³/mol. The van der Waals surface area contributed by atoms with Crippen LogP contribution in [0.1, 0.15) is 26.7 Å². The number of likely N-dealkylation sites (tertiary alicyclic amines) is 1. The van der Waals surface area contributed by atoms with Crippen molar-refractivity contribution < 1.29 is 0 Å². The van der Waals surface area contributed by atoms with E-state index in [-0.39, 0.29) is 0 Å². The fourth-order valence-corrected chi connectivity index (χ4v) is 3.48. The molecule has 0 bridgehead atoms. The highest BCUT2D eigenvalue weighted by molar-refractivity contribution is 5.80. The number of likely N-dealkylation sites (N-methyl/N-ethyl adjacent to an activating group) is 2. The number of nitrogens with zero attached hydrogens (tertiary/aromatic N) is 4. The maximum Gasteiger partial charge on any atom is 0.191 e. The quantitative estimate of drug-likeness (QED) is 0.574. The number of hydrogen-bond acceptors (Lipinski definition) is 4. The molecule has 2 N–H and O–H groups in total. The Morgan fingerprint density at radius 2 is 1.83 bits per heavy atom. The molecule has 1 atom stereocenters. The maximum absolute atomic E-state index is 4.41. The molecule has 1 unspecified atom stereocenters. The standard InChI is InChI=1S/C17H36N6/c1-14(2)23-8-6-15(7-9-23)20-17(18-3)19-12-16-13-21(4)10-11-22(16)5/h14-16H,6-13H2,1-5H3,(H2,18,19,20). The summed E-state index contributed by atoms with van der Waals surface area (Å²) in [4.78, 5) is 11.8. The van der Waals surface area contributed by atoms with E-state index in [4.69, 9.17) is 0 Å². The summed E-state index contributed by atoms with van der Waals surface area (Å²) in [5.41, 5.74) is 0. The van der Waals surface area contributed by atoms with Crippen LogP contribution in [0, 0.1) is 0 Å². The van der Waals surface area contributed by atoms with Crippen LogP contribution in [0.5, 0.6) is 0 Å². The molecule has 23 heavy (non-hydrogen) atoms. The molecule has 2 rings (SSSR count). The van der Waals surface area contributed by atoms with Crippen LogP contribution in [0.15, 0.2) is 4.99 Å². The first-order valence-corrected chi connectivity index (χ1v) is 9.09. The van der Waals surface area contributed by atoms with E-state index >= 15 is 0 Å². The highest BCUT2D eigenvalue weighted by atomic mass is 15.3. The first-order valence-electron chi connectivity index (χ1n) is 9.09. The number of guanidine groups is 1. The van der Waals surface area contributed by atoms with E-state index < -0.39 is 0 Å². The minimum absolute atomic E-state index is 0.544. The second-order valence-electron chi connectivity index (χ2n) is 7.40. The second-order valence-corrected chi connectivity index (χ2v) is 7.40. The third-order valence-corrected chi connectivity index (χ3v) is 5.31. The van der Waals surface area contributed by atoms with Crippen molar-refractivity contribution in [1.29, 1.82) is 0 Å². The van der Waals surface area contributed by atoms with Crippen molar-refractivity contribution in [3.8, 4) is 0 Å². The molecule has 0 saturated carbocycles. The number of aliphatic imine (C=N–C) groups is 1. The summed E-state index contributed by atoms with van der Waals surface area (Å²) < 4.78 is 0. The van der Waals surface area contributed by atoms with E-state index in [0.29, 0.717) is 18.1 Å². The van der Waals surface area contributed by atoms with Gasteiger partial charge >= 0.3 is 0 Å². The van der Waals surface area contributed by atoms with Gasteiger partial charge < -0.3 is 20.4 Å². The molecule has 0 aromatic carbocycles. The molecule has 2 saturated heterocycles. The van der Waals surface area contributed by atoms with Crippen LogP contribution >= 0.6 is 0 Å². The van der Waals surface area contributed by atoms with Gasteiger partial charge in [0.25, 0.3) is 0 Å². The Labute approximate surface area is 142 Å². The summed E-state index contributed by atoms with van der Waals surface area (Å²) >= 11 is 0. The summed E-state index contributed by atoms with van der Waals surface area (Å²) in [6.07, 6.45) is 2.40. The lowest BCUT2D eigenvalue weighted by atomic mass is 10.0. The van der Waals surface area contributed by atoms with Gasteiger partial charge in [-0.1, -0.05) is 0 Å². The van der Waals surface area contributed by atoms with Crippen molar-refractivity contribution in [2.75, 3.05) is 60.4 Å². The summed E-state index contributed by atoms with van der Waals surface area (Å²) in [6, 6.07) is 1.75. The molecule has 0 spiro atoms. The van der Waals surface area contributed by atoms with Gasteiger partial charge in [0.05, 0.1) is 0 Å². The zero-order valence-corrected chi connectivity index (χ0v) is 15.7. The minimum Gasteiger partial charge on any atom is -0.355 e. The average molecular weight is 325 g/mol. The first-order chi connectivity index (χ1) is 11.0. The van der Waals surface area contributed by atoms with Crippen LogP contribution in [-0.4, -0.2) is 99.2 Å². The predicted octanol–water partition coefficient (Wildman–Crippen LogP) is 0.270. The highest BCUT2D eigenvalue weighted by Gasteiger charge is 2.24. The zero-order valence-electron chi connectivity index (χ0n) is 15.7. The SMILES string of the molecule is CN=C(NCC1CN(C)CCN1C)NC1CCN(C(C)C)CC1. The molecular weight excluding hydrogens is 288 g/mol. The zero-order chi connectivity index (χ0) is 16.8. The molecule has 6 nitrogen and oxygen atoms in total. The number of hydrogen-bond donors (Lipinski definition) is 2. The second kappa shape index (κ2) is 8.85. The van der Waals surface area contributed by atoms with Gasteiger partial charge in [-0.25, -0.2) is 0 Å². The number of piperazine rings is 1. The summed E-state index contributed by atoms with van der Waals surface area (Å²) in [7, 11) is 6.29. The van der Waals surface area contributed by atoms with Gasteiger partial charge in [-0.3, -0.25) is 9.89 Å². The van der Waals surface area contributed by atoms with Gasteiger partial charge in [-0.05, 0) is 40.8 Å². The normalized spacial score (nSPS) is 26.7. The Balaban J connectivity index is 1.73. The van der Waals surface area contributed by atoms with E-state index in [1.807, 2.05) is 7.05 Å². The summed E-state index contributed by atoms with van der Waals surface area (Å²) in [5.74, 6) is 0.953. The summed E-state index contributed by atoms with van der Waals surface area (Å²) in [5, 5.41) is 7.14. The Hall–Kier alpha value is -0.850. The topological polar surface area (TPSA) is 46.1 Å². The van der Waals surface area contributed by atoms with Crippen molar-refractivity contribution in [2.45, 2.75) is 44.8 Å². The Morgan fingerprint density at radius 3 is 2.43 bits per heavy atom.